The minimum absolute atomic E-state index is 0.515. The van der Waals surface area contributed by atoms with Crippen molar-refractivity contribution in [2.45, 2.75) is 19.3 Å². The molecule has 2 aliphatic rings. The number of hydrogen-bond donors (Lipinski definition) is 0. The lowest BCUT2D eigenvalue weighted by Crippen LogP contribution is -2.11. The lowest BCUT2D eigenvalue weighted by Gasteiger charge is -2.24. The zero-order chi connectivity index (χ0) is 50.1. The zero-order valence-corrected chi connectivity index (χ0v) is 41.2. The quantitative estimate of drug-likeness (QED) is 0.142. The number of aromatic nitrogens is 4. The molecule has 0 bridgehead atoms. The Labute approximate surface area is 438 Å². The number of benzene rings is 9. The molecule has 0 saturated heterocycles. The first-order valence-corrected chi connectivity index (χ1v) is 25.8. The molecule has 0 radical (unpaired) electrons. The highest BCUT2D eigenvalue weighted by atomic mass is 16.3. The van der Waals surface area contributed by atoms with E-state index < -0.39 is 0 Å². The third kappa shape index (κ3) is 7.24. The Bertz CT molecular complexity index is 4510. The Hall–Kier alpha value is -10.1. The van der Waals surface area contributed by atoms with Gasteiger partial charge in [-0.05, 0) is 83.1 Å². The summed E-state index contributed by atoms with van der Waals surface area (Å²) in [5.41, 5.74) is 19.5. The van der Waals surface area contributed by atoms with Crippen molar-refractivity contribution in [3.05, 3.63) is 253 Å². The van der Waals surface area contributed by atoms with E-state index in [0.29, 0.717) is 23.9 Å². The van der Waals surface area contributed by atoms with Gasteiger partial charge in [-0.15, -0.1) is 0 Å². The molecule has 15 rings (SSSR count). The first kappa shape index (κ1) is 43.5. The molecular formula is C70H44N4O2. The van der Waals surface area contributed by atoms with Gasteiger partial charge >= 0.3 is 0 Å². The predicted molar refractivity (Wildman–Crippen MR) is 309 cm³/mol. The van der Waals surface area contributed by atoms with E-state index in [4.69, 9.17) is 23.8 Å². The molecular weight excluding hydrogens is 929 g/mol. The summed E-state index contributed by atoms with van der Waals surface area (Å²) in [5.74, 6) is 9.86. The highest BCUT2D eigenvalue weighted by Crippen LogP contribution is 2.50. The molecule has 0 aliphatic heterocycles. The van der Waals surface area contributed by atoms with Crippen LogP contribution in [0.4, 0.5) is 0 Å². The Morgan fingerprint density at radius 2 is 1.01 bits per heavy atom. The average Bonchev–Trinajstić information content (AvgIpc) is 4.15. The normalized spacial score (nSPS) is 13.0. The molecule has 0 N–H and O–H groups in total. The van der Waals surface area contributed by atoms with Crippen molar-refractivity contribution < 1.29 is 8.83 Å². The number of rotatable bonds is 8. The first-order chi connectivity index (χ1) is 37.7. The second-order valence-corrected chi connectivity index (χ2v) is 19.5. The van der Waals surface area contributed by atoms with Crippen LogP contribution in [0.1, 0.15) is 28.8 Å². The van der Waals surface area contributed by atoms with E-state index in [-0.39, 0.29) is 0 Å². The van der Waals surface area contributed by atoms with Crippen molar-refractivity contribution in [1.82, 2.24) is 19.5 Å². The molecule has 9 aromatic carbocycles. The summed E-state index contributed by atoms with van der Waals surface area (Å²) in [7, 11) is 0. The smallest absolute Gasteiger partial charge is 0.164 e. The molecule has 4 heterocycles. The monoisotopic (exact) mass is 972 g/mol. The number of hydrogen-bond acceptors (Lipinski definition) is 5. The molecule has 0 atom stereocenters. The predicted octanol–water partition coefficient (Wildman–Crippen LogP) is 17.4. The van der Waals surface area contributed by atoms with E-state index in [1.165, 1.54) is 11.3 Å². The van der Waals surface area contributed by atoms with Crippen LogP contribution in [-0.4, -0.2) is 19.5 Å². The van der Waals surface area contributed by atoms with Crippen molar-refractivity contribution in [3.63, 3.8) is 0 Å². The van der Waals surface area contributed by atoms with Crippen LogP contribution in [0, 0.1) is 11.8 Å². The van der Waals surface area contributed by atoms with E-state index in [1.54, 1.807) is 0 Å². The van der Waals surface area contributed by atoms with Gasteiger partial charge in [-0.1, -0.05) is 200 Å². The number of aryl methyl sites for hydroxylation is 1. The van der Waals surface area contributed by atoms with Crippen LogP contribution in [0.5, 0.6) is 0 Å². The second-order valence-electron chi connectivity index (χ2n) is 19.5. The highest BCUT2D eigenvalue weighted by molar-refractivity contribution is 6.18. The molecule has 356 valence electrons. The van der Waals surface area contributed by atoms with E-state index in [0.717, 1.165) is 135 Å². The standard InChI is InChI=1S/C70H44N4O2/c1-5-18-44(19-6-1)46-26-17-27-48(35-32-46)57-42-52(70-72-68(50-22-9-3-10-23-50)71-69(73-70)51-24-11-4-12-25-51)43-58(49-36-33-47(34-37-49)45-20-7-2-8-21-45)65(57)74-59-30-15-13-28-55(59)63-60(74)40-38-53-54-39-41-62-64(67(54)76-66(53)63)56-29-14-16-31-61(56)75-62/h1-16,18-25,28-37,39,41-43H,27,38,40H2. The molecule has 76 heavy (non-hydrogen) atoms. The van der Waals surface area contributed by atoms with Crippen molar-refractivity contribution in [3.8, 4) is 85.3 Å². The Balaban J connectivity index is 1.03. The van der Waals surface area contributed by atoms with Crippen LogP contribution >= 0.6 is 0 Å². The van der Waals surface area contributed by atoms with Gasteiger partial charge in [0.1, 0.15) is 22.5 Å². The van der Waals surface area contributed by atoms with Gasteiger partial charge in [-0.3, -0.25) is 0 Å². The minimum Gasteiger partial charge on any atom is -0.456 e. The topological polar surface area (TPSA) is 69.9 Å². The summed E-state index contributed by atoms with van der Waals surface area (Å²) < 4.78 is 16.2. The van der Waals surface area contributed by atoms with E-state index in [9.17, 15) is 0 Å². The van der Waals surface area contributed by atoms with Crippen LogP contribution < -0.4 is 0 Å². The average molecular weight is 973 g/mol. The van der Waals surface area contributed by atoms with Crippen molar-refractivity contribution in [2.24, 2.45) is 0 Å². The molecule has 0 unspecified atom stereocenters. The van der Waals surface area contributed by atoms with Crippen LogP contribution in [-0.2, 0) is 12.8 Å². The fourth-order valence-electron chi connectivity index (χ4n) is 11.5. The summed E-state index contributed by atoms with van der Waals surface area (Å²) in [4.78, 5) is 15.8. The molecule has 0 fully saturated rings. The summed E-state index contributed by atoms with van der Waals surface area (Å²) >= 11 is 0. The zero-order valence-electron chi connectivity index (χ0n) is 41.2. The van der Waals surface area contributed by atoms with Crippen LogP contribution in [0.2, 0.25) is 0 Å². The number of para-hydroxylation sites is 2. The second kappa shape index (κ2) is 17.8. The Morgan fingerprint density at radius 1 is 0.434 bits per heavy atom. The Kier molecular flexibility index (Phi) is 10.2. The van der Waals surface area contributed by atoms with Gasteiger partial charge in [-0.25, -0.2) is 15.0 Å². The fraction of sp³-hybridized carbons (Fsp3) is 0.0429. The third-order valence-electron chi connectivity index (χ3n) is 15.1. The summed E-state index contributed by atoms with van der Waals surface area (Å²) in [6, 6.07) is 76.3. The number of allylic oxidation sites excluding steroid dienone is 4. The van der Waals surface area contributed by atoms with Crippen molar-refractivity contribution in [1.29, 1.82) is 0 Å². The molecule has 13 aromatic rings. The van der Waals surface area contributed by atoms with E-state index in [1.807, 2.05) is 54.6 Å². The van der Waals surface area contributed by atoms with Gasteiger partial charge in [0.05, 0.1) is 16.6 Å². The molecule has 6 nitrogen and oxygen atoms in total. The maximum atomic E-state index is 7.28. The number of furan rings is 2. The number of nitrogens with zero attached hydrogens (tertiary/aromatic N) is 4. The molecule has 0 saturated carbocycles. The third-order valence-corrected chi connectivity index (χ3v) is 15.1. The lowest BCUT2D eigenvalue weighted by molar-refractivity contribution is 0.622. The van der Waals surface area contributed by atoms with Crippen LogP contribution in [0.3, 0.4) is 0 Å². The SMILES string of the molecule is C1#CC(c2ccccc2)=CC=C(c2cc(-c3nc(-c4ccccc4)nc(-c4ccccc4)n3)cc(-c3ccc(-c4ccccc4)cc3)c2-n2c3c(c4ccccc42)-c2oc4c(ccc5oc6ccccc6c54)c2CC3)C1. The number of fused-ring (bicyclic) bond motifs is 11. The van der Waals surface area contributed by atoms with Crippen LogP contribution in [0.15, 0.2) is 239 Å². The van der Waals surface area contributed by atoms with Crippen molar-refractivity contribution >= 4 is 55.0 Å². The summed E-state index contributed by atoms with van der Waals surface area (Å²) in [6.07, 6.45) is 6.54. The van der Waals surface area contributed by atoms with Crippen molar-refractivity contribution in [2.75, 3.05) is 0 Å². The van der Waals surface area contributed by atoms with Gasteiger partial charge in [0, 0.05) is 72.8 Å². The van der Waals surface area contributed by atoms with Crippen LogP contribution in [0.25, 0.3) is 128 Å². The van der Waals surface area contributed by atoms with Gasteiger partial charge in [0.15, 0.2) is 17.5 Å². The lowest BCUT2D eigenvalue weighted by atomic mass is 9.89. The van der Waals surface area contributed by atoms with Gasteiger partial charge in [-0.2, -0.15) is 0 Å². The molecule has 4 aromatic heterocycles. The van der Waals surface area contributed by atoms with Gasteiger partial charge < -0.3 is 13.4 Å². The largest absolute Gasteiger partial charge is 0.456 e. The van der Waals surface area contributed by atoms with Gasteiger partial charge in [0.2, 0.25) is 0 Å². The molecule has 6 heteroatoms. The highest BCUT2D eigenvalue weighted by Gasteiger charge is 2.33. The summed E-state index contributed by atoms with van der Waals surface area (Å²) in [6.45, 7) is 0. The maximum Gasteiger partial charge on any atom is 0.164 e. The minimum atomic E-state index is 0.515. The molecule has 0 spiro atoms. The molecule has 2 aliphatic carbocycles. The maximum absolute atomic E-state index is 7.28. The molecule has 0 amide bonds. The first-order valence-electron chi connectivity index (χ1n) is 25.8. The van der Waals surface area contributed by atoms with E-state index >= 15 is 0 Å². The summed E-state index contributed by atoms with van der Waals surface area (Å²) in [5, 5.41) is 4.33. The van der Waals surface area contributed by atoms with Gasteiger partial charge in [0.25, 0.3) is 0 Å². The fourth-order valence-corrected chi connectivity index (χ4v) is 11.5. The Morgan fingerprint density at radius 3 is 1.72 bits per heavy atom. The van der Waals surface area contributed by atoms with E-state index in [2.05, 4.69) is 192 Å².